The Balaban J connectivity index is 1.64. The van der Waals surface area contributed by atoms with E-state index in [0.29, 0.717) is 29.9 Å². The lowest BCUT2D eigenvalue weighted by Gasteiger charge is -2.36. The Labute approximate surface area is 144 Å². The molecule has 1 fully saturated rings. The number of esters is 1. The SMILES string of the molecule is CC1CC[C@@H](C(C)C)[C@H](C(=O)NCC2OC(=O)c3ccccc32)C1. The van der Waals surface area contributed by atoms with Crippen molar-refractivity contribution in [2.75, 3.05) is 6.54 Å². The molecule has 0 bridgehead atoms. The Hall–Kier alpha value is -1.84. The molecule has 1 amide bonds. The van der Waals surface area contributed by atoms with Gasteiger partial charge >= 0.3 is 5.97 Å². The van der Waals surface area contributed by atoms with E-state index in [0.717, 1.165) is 18.4 Å². The first kappa shape index (κ1) is 17.0. The minimum Gasteiger partial charge on any atom is -0.452 e. The maximum absolute atomic E-state index is 12.8. The van der Waals surface area contributed by atoms with Crippen molar-refractivity contribution in [1.29, 1.82) is 0 Å². The van der Waals surface area contributed by atoms with Gasteiger partial charge in [0.25, 0.3) is 0 Å². The fourth-order valence-electron chi connectivity index (χ4n) is 4.20. The quantitative estimate of drug-likeness (QED) is 0.857. The summed E-state index contributed by atoms with van der Waals surface area (Å²) in [5.41, 5.74) is 1.49. The number of hydrogen-bond donors (Lipinski definition) is 1. The highest BCUT2D eigenvalue weighted by molar-refractivity contribution is 5.94. The van der Waals surface area contributed by atoms with E-state index in [1.54, 1.807) is 6.07 Å². The molecule has 4 atom stereocenters. The standard InChI is InChI=1S/C20H27NO3/c1-12(2)14-9-8-13(3)10-17(14)19(22)21-11-18-15-6-4-5-7-16(15)20(23)24-18/h4-7,12-14,17-18H,8-11H2,1-3H3,(H,21,22)/t13?,14-,17+,18?/m0/s1. The van der Waals surface area contributed by atoms with Gasteiger partial charge in [-0.1, -0.05) is 45.4 Å². The topological polar surface area (TPSA) is 55.4 Å². The lowest BCUT2D eigenvalue weighted by molar-refractivity contribution is -0.129. The van der Waals surface area contributed by atoms with Crippen molar-refractivity contribution >= 4 is 11.9 Å². The molecule has 1 heterocycles. The average molecular weight is 329 g/mol. The number of rotatable bonds is 4. The summed E-state index contributed by atoms with van der Waals surface area (Å²) in [6.07, 6.45) is 2.92. The lowest BCUT2D eigenvalue weighted by Crippen LogP contribution is -2.41. The van der Waals surface area contributed by atoms with Gasteiger partial charge in [-0.25, -0.2) is 4.79 Å². The van der Waals surface area contributed by atoms with Crippen LogP contribution in [0.15, 0.2) is 24.3 Å². The zero-order valence-electron chi connectivity index (χ0n) is 14.7. The van der Waals surface area contributed by atoms with E-state index in [4.69, 9.17) is 4.74 Å². The van der Waals surface area contributed by atoms with Crippen LogP contribution in [-0.4, -0.2) is 18.4 Å². The van der Waals surface area contributed by atoms with Crippen LogP contribution in [0, 0.1) is 23.7 Å². The first-order chi connectivity index (χ1) is 11.5. The third-order valence-electron chi connectivity index (χ3n) is 5.60. The van der Waals surface area contributed by atoms with E-state index in [-0.39, 0.29) is 23.9 Å². The van der Waals surface area contributed by atoms with Crippen molar-refractivity contribution in [2.45, 2.75) is 46.1 Å². The van der Waals surface area contributed by atoms with Crippen LogP contribution in [0.3, 0.4) is 0 Å². The molecule has 0 radical (unpaired) electrons. The summed E-state index contributed by atoms with van der Waals surface area (Å²) in [4.78, 5) is 24.6. The maximum Gasteiger partial charge on any atom is 0.339 e. The van der Waals surface area contributed by atoms with Gasteiger partial charge in [-0.05, 0) is 36.7 Å². The van der Waals surface area contributed by atoms with Crippen LogP contribution < -0.4 is 5.32 Å². The second kappa shape index (κ2) is 6.96. The molecule has 1 N–H and O–H groups in total. The minimum absolute atomic E-state index is 0.0705. The molecule has 24 heavy (non-hydrogen) atoms. The predicted octanol–water partition coefficient (Wildman–Crippen LogP) is 3.72. The van der Waals surface area contributed by atoms with Gasteiger partial charge in [-0.15, -0.1) is 0 Å². The number of carbonyl (C=O) groups is 2. The predicted molar refractivity (Wildman–Crippen MR) is 92.4 cm³/mol. The van der Waals surface area contributed by atoms with Gasteiger partial charge in [0.2, 0.25) is 5.91 Å². The zero-order valence-corrected chi connectivity index (χ0v) is 14.7. The number of fused-ring (bicyclic) bond motifs is 1. The summed E-state index contributed by atoms with van der Waals surface area (Å²) in [5.74, 6) is 1.44. The first-order valence-electron chi connectivity index (χ1n) is 9.05. The fraction of sp³-hybridized carbons (Fsp3) is 0.600. The van der Waals surface area contributed by atoms with E-state index >= 15 is 0 Å². The number of cyclic esters (lactones) is 1. The van der Waals surface area contributed by atoms with E-state index in [2.05, 4.69) is 26.1 Å². The van der Waals surface area contributed by atoms with E-state index < -0.39 is 0 Å². The normalized spacial score (nSPS) is 29.2. The molecule has 1 saturated carbocycles. The summed E-state index contributed by atoms with van der Waals surface area (Å²) >= 11 is 0. The van der Waals surface area contributed by atoms with Crippen molar-refractivity contribution in [2.24, 2.45) is 23.7 Å². The number of ether oxygens (including phenoxy) is 1. The van der Waals surface area contributed by atoms with Crippen LogP contribution in [-0.2, 0) is 9.53 Å². The van der Waals surface area contributed by atoms with Gasteiger partial charge in [0.15, 0.2) is 0 Å². The largest absolute Gasteiger partial charge is 0.452 e. The number of amides is 1. The Morgan fingerprint density at radius 2 is 2.04 bits per heavy atom. The van der Waals surface area contributed by atoms with Gasteiger partial charge in [-0.3, -0.25) is 4.79 Å². The van der Waals surface area contributed by atoms with Crippen molar-refractivity contribution < 1.29 is 14.3 Å². The van der Waals surface area contributed by atoms with Crippen molar-refractivity contribution in [3.8, 4) is 0 Å². The molecule has 0 aromatic heterocycles. The summed E-state index contributed by atoms with van der Waals surface area (Å²) in [6.45, 7) is 6.99. The molecule has 4 nitrogen and oxygen atoms in total. The molecule has 1 aromatic carbocycles. The van der Waals surface area contributed by atoms with Gasteiger partial charge in [-0.2, -0.15) is 0 Å². The van der Waals surface area contributed by atoms with Crippen molar-refractivity contribution in [3.05, 3.63) is 35.4 Å². The molecule has 1 aliphatic carbocycles. The third kappa shape index (κ3) is 3.33. The Kier molecular flexibility index (Phi) is 4.93. The van der Waals surface area contributed by atoms with Gasteiger partial charge in [0.1, 0.15) is 6.10 Å². The monoisotopic (exact) mass is 329 g/mol. The number of hydrogen-bond acceptors (Lipinski definition) is 3. The molecule has 1 aliphatic heterocycles. The molecule has 4 heteroatoms. The van der Waals surface area contributed by atoms with Crippen LogP contribution in [0.4, 0.5) is 0 Å². The van der Waals surface area contributed by atoms with E-state index in [9.17, 15) is 9.59 Å². The highest BCUT2D eigenvalue weighted by Crippen LogP contribution is 2.38. The van der Waals surface area contributed by atoms with Crippen LogP contribution in [0.5, 0.6) is 0 Å². The molecule has 2 unspecified atom stereocenters. The highest BCUT2D eigenvalue weighted by Gasteiger charge is 2.36. The van der Waals surface area contributed by atoms with Gasteiger partial charge in [0, 0.05) is 11.5 Å². The number of nitrogens with one attached hydrogen (secondary N) is 1. The minimum atomic E-state index is -0.365. The van der Waals surface area contributed by atoms with Crippen LogP contribution >= 0.6 is 0 Å². The van der Waals surface area contributed by atoms with E-state index in [1.165, 1.54) is 6.42 Å². The molecule has 2 aliphatic rings. The molecular formula is C20H27NO3. The molecule has 1 aromatic rings. The zero-order chi connectivity index (χ0) is 17.3. The van der Waals surface area contributed by atoms with E-state index in [1.807, 2.05) is 18.2 Å². The van der Waals surface area contributed by atoms with Crippen LogP contribution in [0.2, 0.25) is 0 Å². The fourth-order valence-corrected chi connectivity index (χ4v) is 4.20. The highest BCUT2D eigenvalue weighted by atomic mass is 16.5. The molecule has 3 rings (SSSR count). The summed E-state index contributed by atoms with van der Waals surface area (Å²) in [5, 5.41) is 3.05. The van der Waals surface area contributed by atoms with Crippen LogP contribution in [0.1, 0.15) is 62.1 Å². The van der Waals surface area contributed by atoms with Gasteiger partial charge < -0.3 is 10.1 Å². The second-order valence-corrected chi connectivity index (χ2v) is 7.66. The summed E-state index contributed by atoms with van der Waals surface area (Å²) in [6, 6.07) is 7.40. The Morgan fingerprint density at radius 1 is 1.29 bits per heavy atom. The van der Waals surface area contributed by atoms with Crippen LogP contribution in [0.25, 0.3) is 0 Å². The van der Waals surface area contributed by atoms with Gasteiger partial charge in [0.05, 0.1) is 12.1 Å². The van der Waals surface area contributed by atoms with Crippen molar-refractivity contribution in [1.82, 2.24) is 5.32 Å². The average Bonchev–Trinajstić information content (AvgIpc) is 2.89. The lowest BCUT2D eigenvalue weighted by atomic mass is 9.70. The summed E-state index contributed by atoms with van der Waals surface area (Å²) in [7, 11) is 0. The molecule has 0 saturated heterocycles. The second-order valence-electron chi connectivity index (χ2n) is 7.66. The maximum atomic E-state index is 12.8. The smallest absolute Gasteiger partial charge is 0.339 e. The summed E-state index contributed by atoms with van der Waals surface area (Å²) < 4.78 is 5.41. The molecule has 0 spiro atoms. The van der Waals surface area contributed by atoms with Crippen molar-refractivity contribution in [3.63, 3.8) is 0 Å². The Bertz CT molecular complexity index is 625. The molecular weight excluding hydrogens is 302 g/mol. The first-order valence-corrected chi connectivity index (χ1v) is 9.05. The number of carbonyl (C=O) groups excluding carboxylic acids is 2. The number of benzene rings is 1. The third-order valence-corrected chi connectivity index (χ3v) is 5.60. The Morgan fingerprint density at radius 3 is 2.79 bits per heavy atom. The molecule has 130 valence electrons.